The molecule has 0 spiro atoms. The summed E-state index contributed by atoms with van der Waals surface area (Å²) in [4.78, 5) is 18.0. The standard InChI is InChI=1S/C21H26ClN3OS/c1-24-12-14-25(15-13-24)19-8-6-18(7-9-19)23-21(26)3-2-16-27-20-10-4-17(22)5-11-20/h4-11H,2-3,12-16H2,1H3,(H,23,26). The molecule has 0 bridgehead atoms. The number of nitrogens with one attached hydrogen (secondary N) is 1. The largest absolute Gasteiger partial charge is 0.369 e. The molecule has 0 atom stereocenters. The minimum atomic E-state index is 0.0686. The molecule has 1 saturated heterocycles. The average molecular weight is 404 g/mol. The van der Waals surface area contributed by atoms with Gasteiger partial charge in [-0.15, -0.1) is 11.8 Å². The number of halogens is 1. The van der Waals surface area contributed by atoms with Crippen molar-refractivity contribution < 1.29 is 4.79 Å². The minimum absolute atomic E-state index is 0.0686. The number of carbonyl (C=O) groups excluding carboxylic acids is 1. The number of rotatable bonds is 7. The van der Waals surface area contributed by atoms with E-state index >= 15 is 0 Å². The smallest absolute Gasteiger partial charge is 0.224 e. The van der Waals surface area contributed by atoms with Crippen LogP contribution >= 0.6 is 23.4 Å². The molecule has 3 rings (SSSR count). The van der Waals surface area contributed by atoms with Crippen LogP contribution in [0.25, 0.3) is 0 Å². The van der Waals surface area contributed by atoms with Crippen LogP contribution < -0.4 is 10.2 Å². The van der Waals surface area contributed by atoms with Gasteiger partial charge >= 0.3 is 0 Å². The van der Waals surface area contributed by atoms with Gasteiger partial charge in [0.1, 0.15) is 0 Å². The number of benzene rings is 2. The maximum Gasteiger partial charge on any atom is 0.224 e. The Labute approximate surface area is 170 Å². The Kier molecular flexibility index (Phi) is 7.44. The molecule has 4 nitrogen and oxygen atoms in total. The van der Waals surface area contributed by atoms with Crippen molar-refractivity contribution in [1.29, 1.82) is 0 Å². The second kappa shape index (κ2) is 10.0. The highest BCUT2D eigenvalue weighted by Crippen LogP contribution is 2.22. The van der Waals surface area contributed by atoms with Crippen LogP contribution in [0.15, 0.2) is 53.4 Å². The molecule has 27 heavy (non-hydrogen) atoms. The van der Waals surface area contributed by atoms with Crippen molar-refractivity contribution in [1.82, 2.24) is 4.90 Å². The van der Waals surface area contributed by atoms with E-state index in [2.05, 4.69) is 34.3 Å². The summed E-state index contributed by atoms with van der Waals surface area (Å²) in [6.07, 6.45) is 1.37. The second-order valence-electron chi connectivity index (χ2n) is 6.79. The lowest BCUT2D eigenvalue weighted by atomic mass is 10.2. The first-order chi connectivity index (χ1) is 13.1. The fourth-order valence-corrected chi connectivity index (χ4v) is 3.98. The SMILES string of the molecule is CN1CCN(c2ccc(NC(=O)CCCSc3ccc(Cl)cc3)cc2)CC1. The monoisotopic (exact) mass is 403 g/mol. The van der Waals surface area contributed by atoms with Crippen LogP contribution in [-0.4, -0.2) is 49.8 Å². The maximum atomic E-state index is 12.1. The minimum Gasteiger partial charge on any atom is -0.369 e. The third-order valence-electron chi connectivity index (χ3n) is 4.65. The van der Waals surface area contributed by atoms with E-state index in [1.54, 1.807) is 11.8 Å². The number of amides is 1. The summed E-state index contributed by atoms with van der Waals surface area (Å²) in [7, 11) is 2.16. The summed E-state index contributed by atoms with van der Waals surface area (Å²) >= 11 is 7.63. The molecule has 144 valence electrons. The van der Waals surface area contributed by atoms with E-state index in [0.717, 1.165) is 49.1 Å². The van der Waals surface area contributed by atoms with Gasteiger partial charge in [0.25, 0.3) is 0 Å². The molecular formula is C21H26ClN3OS. The second-order valence-corrected chi connectivity index (χ2v) is 8.40. The highest BCUT2D eigenvalue weighted by molar-refractivity contribution is 7.99. The van der Waals surface area contributed by atoms with E-state index in [-0.39, 0.29) is 5.91 Å². The number of piperazine rings is 1. The molecular weight excluding hydrogens is 378 g/mol. The zero-order valence-corrected chi connectivity index (χ0v) is 17.2. The number of hydrogen-bond acceptors (Lipinski definition) is 4. The van der Waals surface area contributed by atoms with Gasteiger partial charge in [0.05, 0.1) is 0 Å². The van der Waals surface area contributed by atoms with Crippen LogP contribution in [-0.2, 0) is 4.79 Å². The lowest BCUT2D eigenvalue weighted by Gasteiger charge is -2.34. The third kappa shape index (κ3) is 6.45. The molecule has 0 aliphatic carbocycles. The van der Waals surface area contributed by atoms with E-state index in [1.165, 1.54) is 10.6 Å². The Bertz CT molecular complexity index is 728. The number of nitrogens with zero attached hydrogens (tertiary/aromatic N) is 2. The van der Waals surface area contributed by atoms with Gasteiger partial charge < -0.3 is 15.1 Å². The summed E-state index contributed by atoms with van der Waals surface area (Å²) in [5.74, 6) is 0.983. The number of thioether (sulfide) groups is 1. The normalized spacial score (nSPS) is 15.0. The first-order valence-corrected chi connectivity index (χ1v) is 10.7. The first-order valence-electron chi connectivity index (χ1n) is 9.32. The van der Waals surface area contributed by atoms with Crippen molar-refractivity contribution in [2.45, 2.75) is 17.7 Å². The van der Waals surface area contributed by atoms with Gasteiger partial charge in [-0.1, -0.05) is 11.6 Å². The van der Waals surface area contributed by atoms with Gasteiger partial charge in [0, 0.05) is 53.9 Å². The average Bonchev–Trinajstić information content (AvgIpc) is 2.68. The van der Waals surface area contributed by atoms with Gasteiger partial charge in [-0.2, -0.15) is 0 Å². The van der Waals surface area contributed by atoms with Gasteiger partial charge in [0.2, 0.25) is 5.91 Å². The van der Waals surface area contributed by atoms with Crippen LogP contribution in [0.5, 0.6) is 0 Å². The van der Waals surface area contributed by atoms with Crippen LogP contribution in [0.4, 0.5) is 11.4 Å². The summed E-state index contributed by atoms with van der Waals surface area (Å²) in [5.41, 5.74) is 2.09. The summed E-state index contributed by atoms with van der Waals surface area (Å²) in [5, 5.41) is 3.74. The Morgan fingerprint density at radius 2 is 1.70 bits per heavy atom. The van der Waals surface area contributed by atoms with Crippen molar-refractivity contribution in [3.8, 4) is 0 Å². The maximum absolute atomic E-state index is 12.1. The highest BCUT2D eigenvalue weighted by atomic mass is 35.5. The van der Waals surface area contributed by atoms with E-state index in [9.17, 15) is 4.79 Å². The van der Waals surface area contributed by atoms with Crippen molar-refractivity contribution in [3.63, 3.8) is 0 Å². The molecule has 0 unspecified atom stereocenters. The van der Waals surface area contributed by atoms with Gasteiger partial charge in [0.15, 0.2) is 0 Å². The quantitative estimate of drug-likeness (QED) is 0.541. The molecule has 1 fully saturated rings. The van der Waals surface area contributed by atoms with Gasteiger partial charge in [-0.05, 0) is 67.8 Å². The zero-order valence-electron chi connectivity index (χ0n) is 15.7. The molecule has 1 heterocycles. The van der Waals surface area contributed by atoms with Crippen LogP contribution in [0.3, 0.4) is 0 Å². The molecule has 1 amide bonds. The Hall–Kier alpha value is -1.69. The van der Waals surface area contributed by atoms with Crippen molar-refractivity contribution in [3.05, 3.63) is 53.6 Å². The Morgan fingerprint density at radius 3 is 2.37 bits per heavy atom. The fraction of sp³-hybridized carbons (Fsp3) is 0.381. The van der Waals surface area contributed by atoms with Crippen LogP contribution in [0.2, 0.25) is 5.02 Å². The number of anilines is 2. The Balaban J connectivity index is 1.38. The molecule has 2 aromatic rings. The number of carbonyl (C=O) groups is 1. The highest BCUT2D eigenvalue weighted by Gasteiger charge is 2.14. The molecule has 0 saturated carbocycles. The van der Waals surface area contributed by atoms with E-state index in [4.69, 9.17) is 11.6 Å². The molecule has 1 N–H and O–H groups in total. The van der Waals surface area contributed by atoms with E-state index in [1.807, 2.05) is 36.4 Å². The molecule has 0 aromatic heterocycles. The third-order valence-corrected chi connectivity index (χ3v) is 6.00. The predicted octanol–water partition coefficient (Wildman–Crippen LogP) is 4.60. The van der Waals surface area contributed by atoms with Crippen LogP contribution in [0.1, 0.15) is 12.8 Å². The summed E-state index contributed by atoms with van der Waals surface area (Å²) in [6, 6.07) is 16.0. The molecule has 2 aromatic carbocycles. The summed E-state index contributed by atoms with van der Waals surface area (Å²) in [6.45, 7) is 4.28. The van der Waals surface area contributed by atoms with E-state index in [0.29, 0.717) is 6.42 Å². The summed E-state index contributed by atoms with van der Waals surface area (Å²) < 4.78 is 0. The van der Waals surface area contributed by atoms with Crippen molar-refractivity contribution in [2.75, 3.05) is 49.2 Å². The van der Waals surface area contributed by atoms with Crippen molar-refractivity contribution >= 4 is 40.6 Å². The predicted molar refractivity (Wildman–Crippen MR) is 116 cm³/mol. The molecule has 1 aliphatic heterocycles. The molecule has 0 radical (unpaired) electrons. The van der Waals surface area contributed by atoms with Gasteiger partial charge in [-0.25, -0.2) is 0 Å². The van der Waals surface area contributed by atoms with Crippen LogP contribution in [0, 0.1) is 0 Å². The first kappa shape index (κ1) is 20.1. The number of likely N-dealkylation sites (N-methyl/N-ethyl adjacent to an activating group) is 1. The number of hydrogen-bond donors (Lipinski definition) is 1. The molecule has 6 heteroatoms. The lowest BCUT2D eigenvalue weighted by Crippen LogP contribution is -2.44. The van der Waals surface area contributed by atoms with Crippen molar-refractivity contribution in [2.24, 2.45) is 0 Å². The van der Waals surface area contributed by atoms with E-state index < -0.39 is 0 Å². The van der Waals surface area contributed by atoms with Gasteiger partial charge in [-0.3, -0.25) is 4.79 Å². The molecule has 1 aliphatic rings. The zero-order chi connectivity index (χ0) is 19.1. The topological polar surface area (TPSA) is 35.6 Å². The fourth-order valence-electron chi connectivity index (χ4n) is 3.00. The lowest BCUT2D eigenvalue weighted by molar-refractivity contribution is -0.116. The Morgan fingerprint density at radius 1 is 1.04 bits per heavy atom.